The van der Waals surface area contributed by atoms with E-state index in [1.165, 1.54) is 92.3 Å². The molecule has 12 rings (SSSR count). The van der Waals surface area contributed by atoms with Crippen molar-refractivity contribution in [1.82, 2.24) is 0 Å². The van der Waals surface area contributed by atoms with E-state index in [1.54, 1.807) is 0 Å². The van der Waals surface area contributed by atoms with Crippen LogP contribution in [0.1, 0.15) is 22.3 Å². The van der Waals surface area contributed by atoms with Crippen molar-refractivity contribution in [2.45, 2.75) is 5.41 Å². The van der Waals surface area contributed by atoms with Gasteiger partial charge in [0.05, 0.1) is 15.8 Å². The molecule has 0 atom stereocenters. The second kappa shape index (κ2) is 14.3. The molecule has 0 N–H and O–H groups in total. The monoisotopic (exact) mass is 793 g/mol. The molecule has 0 amide bonds. The van der Waals surface area contributed by atoms with Crippen LogP contribution in [0.5, 0.6) is 0 Å². The SMILES string of the molecule is c1ccc(-c2ccc(N(c3ccc(-c4cccc5c4-c4ccccc4C5(c4ccccc4)c4ccccc4)cc3)c3cccc4c3sc3c5ccccc5ccc43)cc2)cc1. The third-order valence-corrected chi connectivity index (χ3v) is 14.0. The van der Waals surface area contributed by atoms with Gasteiger partial charge in [-0.05, 0) is 96.7 Å². The van der Waals surface area contributed by atoms with Crippen molar-refractivity contribution in [3.8, 4) is 33.4 Å². The summed E-state index contributed by atoms with van der Waals surface area (Å²) in [4.78, 5) is 2.44. The molecule has 0 saturated carbocycles. The molecular weight excluding hydrogens is 755 g/mol. The zero-order chi connectivity index (χ0) is 40.3. The number of thiophene rings is 1. The van der Waals surface area contributed by atoms with Crippen molar-refractivity contribution in [3.05, 3.63) is 259 Å². The first-order valence-corrected chi connectivity index (χ1v) is 21.8. The summed E-state index contributed by atoms with van der Waals surface area (Å²) in [5.74, 6) is 0. The predicted octanol–water partition coefficient (Wildman–Crippen LogP) is 16.4. The quantitative estimate of drug-likeness (QED) is 0.155. The van der Waals surface area contributed by atoms with Crippen LogP contribution in [0.4, 0.5) is 17.1 Å². The van der Waals surface area contributed by atoms with E-state index in [4.69, 9.17) is 0 Å². The van der Waals surface area contributed by atoms with Crippen LogP contribution >= 0.6 is 11.3 Å². The van der Waals surface area contributed by atoms with Crippen LogP contribution in [0.25, 0.3) is 64.3 Å². The summed E-state index contributed by atoms with van der Waals surface area (Å²) in [5.41, 5.74) is 15.6. The highest BCUT2D eigenvalue weighted by Gasteiger charge is 2.46. The largest absolute Gasteiger partial charge is 0.309 e. The van der Waals surface area contributed by atoms with Crippen LogP contribution in [-0.2, 0) is 5.41 Å². The lowest BCUT2D eigenvalue weighted by Crippen LogP contribution is -2.28. The van der Waals surface area contributed by atoms with Crippen molar-refractivity contribution >= 4 is 59.3 Å². The fraction of sp³-hybridized carbons (Fsp3) is 0.0169. The molecule has 1 nitrogen and oxygen atoms in total. The number of nitrogens with zero attached hydrogens (tertiary/aromatic N) is 1. The van der Waals surface area contributed by atoms with Crippen LogP contribution in [0.3, 0.4) is 0 Å². The molecule has 0 saturated heterocycles. The van der Waals surface area contributed by atoms with Crippen LogP contribution in [0.15, 0.2) is 237 Å². The molecule has 61 heavy (non-hydrogen) atoms. The highest BCUT2D eigenvalue weighted by molar-refractivity contribution is 7.27. The zero-order valence-electron chi connectivity index (χ0n) is 33.4. The lowest BCUT2D eigenvalue weighted by atomic mass is 9.67. The molecule has 11 aromatic rings. The van der Waals surface area contributed by atoms with E-state index in [1.807, 2.05) is 11.3 Å². The number of hydrogen-bond acceptors (Lipinski definition) is 2. The van der Waals surface area contributed by atoms with Crippen molar-refractivity contribution < 1.29 is 0 Å². The molecule has 0 spiro atoms. The summed E-state index contributed by atoms with van der Waals surface area (Å²) < 4.78 is 2.61. The van der Waals surface area contributed by atoms with Gasteiger partial charge >= 0.3 is 0 Å². The second-order valence-electron chi connectivity index (χ2n) is 16.0. The lowest BCUT2D eigenvalue weighted by Gasteiger charge is -2.34. The summed E-state index contributed by atoms with van der Waals surface area (Å²) in [6, 6.07) is 87.1. The number of fused-ring (bicyclic) bond motifs is 8. The lowest BCUT2D eigenvalue weighted by molar-refractivity contribution is 0.768. The molecule has 2 heteroatoms. The van der Waals surface area contributed by atoms with Gasteiger partial charge < -0.3 is 4.90 Å². The Morgan fingerprint density at radius 3 is 1.57 bits per heavy atom. The Balaban J connectivity index is 1.03. The molecule has 0 aliphatic heterocycles. The van der Waals surface area contributed by atoms with Gasteiger partial charge in [-0.15, -0.1) is 11.3 Å². The Kier molecular flexibility index (Phi) is 8.33. The molecule has 1 heterocycles. The summed E-state index contributed by atoms with van der Waals surface area (Å²) in [6.07, 6.45) is 0. The molecular formula is C59H39NS. The average molecular weight is 794 g/mol. The fourth-order valence-corrected chi connectivity index (χ4v) is 11.4. The first-order chi connectivity index (χ1) is 30.3. The first-order valence-electron chi connectivity index (χ1n) is 21.0. The Hall–Kier alpha value is -7.52. The molecule has 1 aromatic heterocycles. The van der Waals surface area contributed by atoms with Crippen LogP contribution in [0, 0.1) is 0 Å². The molecule has 0 radical (unpaired) electrons. The first kappa shape index (κ1) is 35.4. The zero-order valence-corrected chi connectivity index (χ0v) is 34.2. The van der Waals surface area contributed by atoms with Crippen molar-refractivity contribution in [2.75, 3.05) is 4.90 Å². The molecule has 0 fully saturated rings. The van der Waals surface area contributed by atoms with Crippen LogP contribution in [0.2, 0.25) is 0 Å². The number of benzene rings is 10. The number of hydrogen-bond donors (Lipinski definition) is 0. The summed E-state index contributed by atoms with van der Waals surface area (Å²) in [6.45, 7) is 0. The Morgan fingerprint density at radius 2 is 0.852 bits per heavy atom. The summed E-state index contributed by atoms with van der Waals surface area (Å²) in [7, 11) is 0. The normalized spacial score (nSPS) is 12.7. The molecule has 1 aliphatic rings. The Bertz CT molecular complexity index is 3350. The fourth-order valence-electron chi connectivity index (χ4n) is 10.1. The van der Waals surface area contributed by atoms with Gasteiger partial charge in [-0.3, -0.25) is 0 Å². The van der Waals surface area contributed by atoms with E-state index >= 15 is 0 Å². The number of rotatable bonds is 7. The average Bonchev–Trinajstić information content (AvgIpc) is 3.88. The molecule has 286 valence electrons. The van der Waals surface area contributed by atoms with Gasteiger partial charge in [0.1, 0.15) is 0 Å². The van der Waals surface area contributed by atoms with Gasteiger partial charge in [-0.1, -0.05) is 206 Å². The summed E-state index contributed by atoms with van der Waals surface area (Å²) in [5, 5.41) is 5.16. The smallest absolute Gasteiger partial charge is 0.0713 e. The van der Waals surface area contributed by atoms with Gasteiger partial charge in [-0.2, -0.15) is 0 Å². The van der Waals surface area contributed by atoms with Crippen LogP contribution < -0.4 is 4.90 Å². The maximum atomic E-state index is 2.44. The van der Waals surface area contributed by atoms with Gasteiger partial charge in [0.25, 0.3) is 0 Å². The van der Waals surface area contributed by atoms with Gasteiger partial charge in [-0.25, -0.2) is 0 Å². The third kappa shape index (κ3) is 5.53. The van der Waals surface area contributed by atoms with Gasteiger partial charge in [0.2, 0.25) is 0 Å². The van der Waals surface area contributed by atoms with E-state index in [-0.39, 0.29) is 0 Å². The van der Waals surface area contributed by atoms with Gasteiger partial charge in [0.15, 0.2) is 0 Å². The van der Waals surface area contributed by atoms with E-state index in [2.05, 4.69) is 241 Å². The maximum Gasteiger partial charge on any atom is 0.0713 e. The standard InChI is InChI=1S/C59H39NS/c1-4-16-40(17-5-1)41-30-35-46(36-31-41)60(55-29-15-26-50-51-39-34-42-18-10-11-23-49(42)57(51)61-58(50)55)47-37-32-43(33-38-47)48-25-14-28-54-56(48)52-24-12-13-27-53(52)59(54,44-19-6-2-7-20-44)45-21-8-3-9-22-45/h1-39H. The molecule has 0 bridgehead atoms. The third-order valence-electron chi connectivity index (χ3n) is 12.8. The van der Waals surface area contributed by atoms with E-state index in [0.29, 0.717) is 0 Å². The minimum Gasteiger partial charge on any atom is -0.309 e. The van der Waals surface area contributed by atoms with E-state index < -0.39 is 5.41 Å². The second-order valence-corrected chi connectivity index (χ2v) is 17.0. The van der Waals surface area contributed by atoms with E-state index in [9.17, 15) is 0 Å². The molecule has 1 aliphatic carbocycles. The minimum absolute atomic E-state index is 0.443. The van der Waals surface area contributed by atoms with Crippen molar-refractivity contribution in [3.63, 3.8) is 0 Å². The Morgan fingerprint density at radius 1 is 0.328 bits per heavy atom. The maximum absolute atomic E-state index is 2.44. The predicted molar refractivity (Wildman–Crippen MR) is 260 cm³/mol. The van der Waals surface area contributed by atoms with Crippen molar-refractivity contribution in [2.24, 2.45) is 0 Å². The highest BCUT2D eigenvalue weighted by Crippen LogP contribution is 2.58. The molecule has 0 unspecified atom stereocenters. The van der Waals surface area contributed by atoms with Crippen LogP contribution in [-0.4, -0.2) is 0 Å². The van der Waals surface area contributed by atoms with Crippen molar-refractivity contribution in [1.29, 1.82) is 0 Å². The minimum atomic E-state index is -0.443. The molecule has 10 aromatic carbocycles. The highest BCUT2D eigenvalue weighted by atomic mass is 32.1. The topological polar surface area (TPSA) is 3.24 Å². The van der Waals surface area contributed by atoms with E-state index in [0.717, 1.165) is 11.4 Å². The summed E-state index contributed by atoms with van der Waals surface area (Å²) >= 11 is 1.90. The Labute approximate surface area is 360 Å². The van der Waals surface area contributed by atoms with Gasteiger partial charge in [0, 0.05) is 26.8 Å². The number of anilines is 3.